The van der Waals surface area contributed by atoms with Gasteiger partial charge in [-0.25, -0.2) is 4.79 Å². The standard InChI is InChI=1S/C17H18N4O6/c1-17(2,3)8-4-5-9-10(6-8)27-11(7-26-9)13(22)21-20-12-14(23)18-16(25)19-15(12)24/h4-6,11H,7H2,1-3H3,(H3,18,19,23,24,25)/t11-/m0/s1. The normalized spacial score (nSPS) is 16.5. The van der Waals surface area contributed by atoms with Gasteiger partial charge in [0.2, 0.25) is 17.7 Å². The van der Waals surface area contributed by atoms with Gasteiger partial charge in [0, 0.05) is 0 Å². The minimum absolute atomic E-state index is 0.0757. The number of amides is 1. The second-order valence-electron chi connectivity index (χ2n) is 6.97. The molecule has 1 aliphatic heterocycles. The number of aromatic nitrogens is 2. The Balaban J connectivity index is 1.80. The van der Waals surface area contributed by atoms with Crippen molar-refractivity contribution >= 4 is 11.6 Å². The predicted octanol–water partition coefficient (Wildman–Crippen LogP) is 1.52. The average Bonchev–Trinajstić information content (AvgIpc) is 2.58. The van der Waals surface area contributed by atoms with Crippen molar-refractivity contribution in [1.29, 1.82) is 0 Å². The van der Waals surface area contributed by atoms with E-state index in [4.69, 9.17) is 9.47 Å². The number of fused-ring (bicyclic) bond motifs is 1. The minimum atomic E-state index is -1.06. The second kappa shape index (κ2) is 6.71. The van der Waals surface area contributed by atoms with Crippen molar-refractivity contribution in [3.8, 4) is 17.4 Å². The van der Waals surface area contributed by atoms with Crippen LogP contribution in [0.1, 0.15) is 26.3 Å². The summed E-state index contributed by atoms with van der Waals surface area (Å²) in [5, 5.41) is 16.3. The van der Waals surface area contributed by atoms with Gasteiger partial charge in [0.1, 0.15) is 6.61 Å². The molecule has 1 aromatic carbocycles. The van der Waals surface area contributed by atoms with Crippen LogP contribution in [0, 0.1) is 0 Å². The third kappa shape index (κ3) is 3.89. The molecular formula is C17H18N4O6. The van der Waals surface area contributed by atoms with Crippen LogP contribution in [0.4, 0.5) is 5.69 Å². The van der Waals surface area contributed by atoms with Crippen molar-refractivity contribution in [3.05, 3.63) is 44.6 Å². The number of nitrogens with one attached hydrogen (secondary N) is 2. The zero-order valence-corrected chi connectivity index (χ0v) is 14.9. The van der Waals surface area contributed by atoms with Gasteiger partial charge < -0.3 is 14.6 Å². The number of rotatable bonds is 2. The summed E-state index contributed by atoms with van der Waals surface area (Å²) in [6, 6.07) is 5.50. The molecule has 0 saturated heterocycles. The number of azo groups is 1. The van der Waals surface area contributed by atoms with E-state index in [0.29, 0.717) is 11.5 Å². The molecule has 0 bridgehead atoms. The Hall–Kier alpha value is -3.43. The highest BCUT2D eigenvalue weighted by atomic mass is 16.6. The fraction of sp³-hybridized carbons (Fsp3) is 0.353. The van der Waals surface area contributed by atoms with E-state index in [1.54, 1.807) is 12.1 Å². The highest BCUT2D eigenvalue weighted by Crippen LogP contribution is 2.36. The van der Waals surface area contributed by atoms with Gasteiger partial charge in [-0.3, -0.25) is 19.6 Å². The lowest BCUT2D eigenvalue weighted by Crippen LogP contribution is -2.35. The highest BCUT2D eigenvalue weighted by molar-refractivity contribution is 5.82. The SMILES string of the molecule is CC(C)(C)c1ccc2c(c1)O[C@H](C(=O)N=Nc1c(O)[nH]c(=O)[nH]c1=O)CO2. The van der Waals surface area contributed by atoms with Crippen molar-refractivity contribution in [2.45, 2.75) is 32.3 Å². The Kier molecular flexibility index (Phi) is 4.56. The van der Waals surface area contributed by atoms with Crippen LogP contribution in [-0.4, -0.2) is 33.7 Å². The number of nitrogens with zero attached hydrogens (tertiary/aromatic N) is 2. The molecule has 142 valence electrons. The largest absolute Gasteiger partial charge is 0.493 e. The van der Waals surface area contributed by atoms with E-state index >= 15 is 0 Å². The minimum Gasteiger partial charge on any atom is -0.493 e. The van der Waals surface area contributed by atoms with Gasteiger partial charge in [-0.05, 0) is 23.1 Å². The van der Waals surface area contributed by atoms with Crippen molar-refractivity contribution in [2.24, 2.45) is 10.2 Å². The summed E-state index contributed by atoms with van der Waals surface area (Å²) in [6.45, 7) is 6.06. The molecule has 1 aromatic heterocycles. The zero-order valence-electron chi connectivity index (χ0n) is 14.9. The summed E-state index contributed by atoms with van der Waals surface area (Å²) in [4.78, 5) is 38.6. The van der Waals surface area contributed by atoms with E-state index in [1.165, 1.54) is 0 Å². The molecule has 10 nitrogen and oxygen atoms in total. The molecule has 1 amide bonds. The maximum absolute atomic E-state index is 12.2. The Morgan fingerprint density at radius 2 is 1.96 bits per heavy atom. The van der Waals surface area contributed by atoms with Crippen molar-refractivity contribution in [2.75, 3.05) is 6.61 Å². The highest BCUT2D eigenvalue weighted by Gasteiger charge is 2.29. The average molecular weight is 374 g/mol. The van der Waals surface area contributed by atoms with E-state index in [1.807, 2.05) is 36.8 Å². The number of carbonyl (C=O) groups is 1. The van der Waals surface area contributed by atoms with Crippen molar-refractivity contribution < 1.29 is 19.4 Å². The molecule has 0 aliphatic carbocycles. The Morgan fingerprint density at radius 1 is 1.22 bits per heavy atom. The number of hydrogen-bond acceptors (Lipinski definition) is 7. The summed E-state index contributed by atoms with van der Waals surface area (Å²) >= 11 is 0. The van der Waals surface area contributed by atoms with E-state index in [9.17, 15) is 19.5 Å². The number of aromatic amines is 2. The predicted molar refractivity (Wildman–Crippen MR) is 93.9 cm³/mol. The van der Waals surface area contributed by atoms with Gasteiger partial charge in [-0.2, -0.15) is 0 Å². The van der Waals surface area contributed by atoms with E-state index in [0.717, 1.165) is 5.56 Å². The molecule has 1 atom stereocenters. The maximum atomic E-state index is 12.2. The van der Waals surface area contributed by atoms with E-state index in [-0.39, 0.29) is 12.0 Å². The molecule has 0 spiro atoms. The molecule has 2 aromatic rings. The molecule has 2 heterocycles. The number of carbonyl (C=O) groups excluding carboxylic acids is 1. The lowest BCUT2D eigenvalue weighted by molar-refractivity contribution is -0.127. The first kappa shape index (κ1) is 18.4. The van der Waals surface area contributed by atoms with Gasteiger partial charge in [-0.1, -0.05) is 26.8 Å². The zero-order chi connectivity index (χ0) is 19.8. The van der Waals surface area contributed by atoms with Crippen LogP contribution in [0.25, 0.3) is 0 Å². The summed E-state index contributed by atoms with van der Waals surface area (Å²) < 4.78 is 11.2. The topological polar surface area (TPSA) is 146 Å². The van der Waals surface area contributed by atoms with Gasteiger partial charge in [-0.15, -0.1) is 10.2 Å². The quantitative estimate of drug-likeness (QED) is 0.679. The molecule has 10 heteroatoms. The molecular weight excluding hydrogens is 356 g/mol. The van der Waals surface area contributed by atoms with Gasteiger partial charge in [0.15, 0.2) is 11.5 Å². The number of benzene rings is 1. The molecule has 0 radical (unpaired) electrons. The van der Waals surface area contributed by atoms with Gasteiger partial charge >= 0.3 is 11.6 Å². The number of aromatic hydroxyl groups is 1. The fourth-order valence-corrected chi connectivity index (χ4v) is 2.38. The monoisotopic (exact) mass is 374 g/mol. The van der Waals surface area contributed by atoms with Gasteiger partial charge in [0.25, 0.3) is 5.56 Å². The summed E-state index contributed by atoms with van der Waals surface area (Å²) in [5.74, 6) is -0.668. The van der Waals surface area contributed by atoms with Crippen LogP contribution >= 0.6 is 0 Å². The van der Waals surface area contributed by atoms with Crippen molar-refractivity contribution in [1.82, 2.24) is 9.97 Å². The van der Waals surface area contributed by atoms with Crippen LogP contribution in [0.15, 0.2) is 38.0 Å². The van der Waals surface area contributed by atoms with Crippen LogP contribution in [0.5, 0.6) is 17.4 Å². The Labute approximate surface area is 152 Å². The molecule has 1 aliphatic rings. The molecule has 0 unspecified atom stereocenters. The summed E-state index contributed by atoms with van der Waals surface area (Å²) in [7, 11) is 0. The molecule has 0 saturated carbocycles. The lowest BCUT2D eigenvalue weighted by atomic mass is 9.87. The van der Waals surface area contributed by atoms with Crippen LogP contribution < -0.4 is 20.7 Å². The first-order chi connectivity index (χ1) is 12.6. The maximum Gasteiger partial charge on any atom is 0.328 e. The van der Waals surface area contributed by atoms with E-state index < -0.39 is 34.8 Å². The Morgan fingerprint density at radius 3 is 2.63 bits per heavy atom. The third-order valence-corrected chi connectivity index (χ3v) is 3.89. The van der Waals surface area contributed by atoms with Crippen LogP contribution in [0.3, 0.4) is 0 Å². The molecule has 3 N–H and O–H groups in total. The third-order valence-electron chi connectivity index (χ3n) is 3.89. The van der Waals surface area contributed by atoms with Gasteiger partial charge in [0.05, 0.1) is 0 Å². The number of ether oxygens (including phenoxy) is 2. The van der Waals surface area contributed by atoms with Crippen LogP contribution in [-0.2, 0) is 10.2 Å². The fourth-order valence-electron chi connectivity index (χ4n) is 2.38. The number of hydrogen-bond donors (Lipinski definition) is 3. The molecule has 27 heavy (non-hydrogen) atoms. The molecule has 3 rings (SSSR count). The second-order valence-corrected chi connectivity index (χ2v) is 6.97. The Bertz CT molecular complexity index is 1030. The van der Waals surface area contributed by atoms with Crippen molar-refractivity contribution in [3.63, 3.8) is 0 Å². The first-order valence-corrected chi connectivity index (χ1v) is 8.10. The summed E-state index contributed by atoms with van der Waals surface area (Å²) in [5.41, 5.74) is -1.58. The molecule has 0 fully saturated rings. The van der Waals surface area contributed by atoms with Crippen LogP contribution in [0.2, 0.25) is 0 Å². The number of H-pyrrole nitrogens is 2. The lowest BCUT2D eigenvalue weighted by Gasteiger charge is -2.27. The van der Waals surface area contributed by atoms with E-state index in [2.05, 4.69) is 10.2 Å². The smallest absolute Gasteiger partial charge is 0.328 e. The summed E-state index contributed by atoms with van der Waals surface area (Å²) in [6.07, 6.45) is -1.06. The first-order valence-electron chi connectivity index (χ1n) is 8.10.